The molecule has 0 bridgehead atoms. The van der Waals surface area contributed by atoms with Gasteiger partial charge in [0.25, 0.3) is 5.69 Å². The first-order valence-electron chi connectivity index (χ1n) is 3.69. The van der Waals surface area contributed by atoms with E-state index in [4.69, 9.17) is 10.2 Å². The Morgan fingerprint density at radius 1 is 1.19 bits per heavy atom. The second-order valence-electron chi connectivity index (χ2n) is 2.57. The Kier molecular flexibility index (Phi) is 4.71. The molecule has 0 heterocycles. The van der Waals surface area contributed by atoms with E-state index in [0.717, 1.165) is 18.2 Å². The molecule has 0 saturated heterocycles. The molecular formula is C8H5NO6Zn. The van der Waals surface area contributed by atoms with Crippen molar-refractivity contribution < 1.29 is 44.2 Å². The van der Waals surface area contributed by atoms with Gasteiger partial charge >= 0.3 is 11.9 Å². The van der Waals surface area contributed by atoms with E-state index >= 15 is 0 Å². The summed E-state index contributed by atoms with van der Waals surface area (Å²) in [5, 5.41) is 27.8. The summed E-state index contributed by atoms with van der Waals surface area (Å²) in [5.74, 6) is -3.16. The Morgan fingerprint density at radius 2 is 1.75 bits per heavy atom. The molecule has 0 radical (unpaired) electrons. The standard InChI is InChI=1S/C8H5NO6.Zn/c10-7(11)4-2-1-3-5(9(14)15)6(4)8(12)13;/h1-3H,(H,10,11)(H,12,13);. The number of aromatic carboxylic acids is 2. The molecule has 0 atom stereocenters. The Labute approximate surface area is 102 Å². The molecular weight excluding hydrogens is 271 g/mol. The molecule has 8 heteroatoms. The van der Waals surface area contributed by atoms with Gasteiger partial charge in [-0.25, -0.2) is 9.59 Å². The molecule has 0 aliphatic heterocycles. The minimum absolute atomic E-state index is 0. The maximum absolute atomic E-state index is 10.7. The second-order valence-corrected chi connectivity index (χ2v) is 2.57. The van der Waals surface area contributed by atoms with Gasteiger partial charge in [-0.3, -0.25) is 10.1 Å². The fourth-order valence-electron chi connectivity index (χ4n) is 1.10. The van der Waals surface area contributed by atoms with Crippen molar-refractivity contribution in [2.24, 2.45) is 0 Å². The average Bonchev–Trinajstić information content (AvgIpc) is 2.16. The molecule has 0 spiro atoms. The number of nitrogens with zero attached hydrogens (tertiary/aromatic N) is 1. The smallest absolute Gasteiger partial charge is 0.343 e. The van der Waals surface area contributed by atoms with Crippen molar-refractivity contribution >= 4 is 17.6 Å². The molecule has 7 nitrogen and oxygen atoms in total. The molecule has 0 aliphatic rings. The zero-order valence-electron chi connectivity index (χ0n) is 7.91. The minimum Gasteiger partial charge on any atom is -0.478 e. The number of nitro benzene ring substituents is 1. The average molecular weight is 277 g/mol. The van der Waals surface area contributed by atoms with Crippen LogP contribution in [-0.2, 0) is 19.5 Å². The maximum Gasteiger partial charge on any atom is 0.343 e. The van der Waals surface area contributed by atoms with E-state index in [-0.39, 0.29) is 19.5 Å². The van der Waals surface area contributed by atoms with E-state index in [1.807, 2.05) is 0 Å². The molecule has 16 heavy (non-hydrogen) atoms. The number of benzene rings is 1. The first-order valence-corrected chi connectivity index (χ1v) is 3.69. The third kappa shape index (κ3) is 2.61. The van der Waals surface area contributed by atoms with Crippen LogP contribution < -0.4 is 0 Å². The summed E-state index contributed by atoms with van der Waals surface area (Å²) in [6.07, 6.45) is 0. The predicted molar refractivity (Wildman–Crippen MR) is 47.0 cm³/mol. The van der Waals surface area contributed by atoms with Crippen molar-refractivity contribution in [1.82, 2.24) is 0 Å². The number of hydrogen-bond donors (Lipinski definition) is 2. The first kappa shape index (κ1) is 14.2. The largest absolute Gasteiger partial charge is 0.478 e. The van der Waals surface area contributed by atoms with Crippen molar-refractivity contribution in [3.63, 3.8) is 0 Å². The Morgan fingerprint density at radius 3 is 2.12 bits per heavy atom. The van der Waals surface area contributed by atoms with Crippen molar-refractivity contribution in [3.05, 3.63) is 39.4 Å². The summed E-state index contributed by atoms with van der Waals surface area (Å²) in [6, 6.07) is 3.06. The number of carboxylic acid groups (broad SMARTS) is 2. The summed E-state index contributed by atoms with van der Waals surface area (Å²) in [4.78, 5) is 30.8. The van der Waals surface area contributed by atoms with Gasteiger partial charge in [-0.05, 0) is 6.07 Å². The topological polar surface area (TPSA) is 118 Å². The maximum atomic E-state index is 10.7. The van der Waals surface area contributed by atoms with Crippen LogP contribution in [0.1, 0.15) is 20.7 Å². The van der Waals surface area contributed by atoms with Crippen LogP contribution in [0.2, 0.25) is 0 Å². The van der Waals surface area contributed by atoms with Crippen LogP contribution in [0.15, 0.2) is 18.2 Å². The summed E-state index contributed by atoms with van der Waals surface area (Å²) in [7, 11) is 0. The minimum atomic E-state index is -1.64. The molecule has 2 N–H and O–H groups in total. The number of nitro groups is 1. The van der Waals surface area contributed by atoms with Crippen LogP contribution in [0.25, 0.3) is 0 Å². The first-order chi connectivity index (χ1) is 6.95. The quantitative estimate of drug-likeness (QED) is 0.483. The van der Waals surface area contributed by atoms with Crippen LogP contribution in [0.5, 0.6) is 0 Å². The Bertz CT molecular complexity index is 426. The molecule has 0 saturated carbocycles. The predicted octanol–water partition coefficient (Wildman–Crippen LogP) is 0.989. The van der Waals surface area contributed by atoms with E-state index in [1.54, 1.807) is 0 Å². The summed E-state index contributed by atoms with van der Waals surface area (Å²) >= 11 is 0. The van der Waals surface area contributed by atoms with Gasteiger partial charge in [0, 0.05) is 25.5 Å². The van der Waals surface area contributed by atoms with Gasteiger partial charge in [-0.1, -0.05) is 6.07 Å². The molecule has 0 aromatic heterocycles. The van der Waals surface area contributed by atoms with Gasteiger partial charge in [0.15, 0.2) is 5.56 Å². The van der Waals surface area contributed by atoms with Crippen LogP contribution >= 0.6 is 0 Å². The fraction of sp³-hybridized carbons (Fsp3) is 0. The monoisotopic (exact) mass is 275 g/mol. The van der Waals surface area contributed by atoms with E-state index < -0.39 is 33.7 Å². The van der Waals surface area contributed by atoms with Crippen molar-refractivity contribution in [1.29, 1.82) is 0 Å². The van der Waals surface area contributed by atoms with Gasteiger partial charge in [-0.2, -0.15) is 0 Å². The van der Waals surface area contributed by atoms with Crippen molar-refractivity contribution in [2.45, 2.75) is 0 Å². The normalized spacial score (nSPS) is 9.00. The van der Waals surface area contributed by atoms with Gasteiger partial charge in [0.1, 0.15) is 0 Å². The molecule has 0 unspecified atom stereocenters. The summed E-state index contributed by atoms with van der Waals surface area (Å²) < 4.78 is 0. The van der Waals surface area contributed by atoms with E-state index in [1.165, 1.54) is 0 Å². The summed E-state index contributed by atoms with van der Waals surface area (Å²) in [6.45, 7) is 0. The van der Waals surface area contributed by atoms with Crippen molar-refractivity contribution in [3.8, 4) is 0 Å². The SMILES string of the molecule is O=C(O)c1cccc([N+](=O)[O-])c1C(=O)O.[Zn]. The van der Waals surface area contributed by atoms with Crippen LogP contribution in [-0.4, -0.2) is 27.1 Å². The number of carboxylic acids is 2. The zero-order chi connectivity index (χ0) is 11.6. The Hall–Kier alpha value is -1.82. The Balaban J connectivity index is 0.00000225. The molecule has 80 valence electrons. The van der Waals surface area contributed by atoms with Gasteiger partial charge in [0.05, 0.1) is 10.5 Å². The second kappa shape index (κ2) is 5.32. The number of rotatable bonds is 3. The number of hydrogen-bond acceptors (Lipinski definition) is 4. The molecule has 0 aliphatic carbocycles. The van der Waals surface area contributed by atoms with Gasteiger partial charge in [-0.15, -0.1) is 0 Å². The van der Waals surface area contributed by atoms with Crippen molar-refractivity contribution in [2.75, 3.05) is 0 Å². The summed E-state index contributed by atoms with van der Waals surface area (Å²) in [5.41, 5.74) is -2.14. The van der Waals surface area contributed by atoms with E-state index in [9.17, 15) is 19.7 Å². The van der Waals surface area contributed by atoms with E-state index in [0.29, 0.717) is 0 Å². The van der Waals surface area contributed by atoms with Gasteiger partial charge in [0.2, 0.25) is 0 Å². The van der Waals surface area contributed by atoms with Gasteiger partial charge < -0.3 is 10.2 Å². The van der Waals surface area contributed by atoms with E-state index in [2.05, 4.69) is 0 Å². The molecule has 0 fully saturated rings. The third-order valence-corrected chi connectivity index (χ3v) is 1.68. The third-order valence-electron chi connectivity index (χ3n) is 1.68. The fourth-order valence-corrected chi connectivity index (χ4v) is 1.10. The molecule has 1 aromatic rings. The zero-order valence-corrected chi connectivity index (χ0v) is 10.9. The van der Waals surface area contributed by atoms with Crippen LogP contribution in [0.4, 0.5) is 5.69 Å². The molecule has 0 amide bonds. The van der Waals surface area contributed by atoms with Crippen LogP contribution in [0.3, 0.4) is 0 Å². The van der Waals surface area contributed by atoms with Crippen LogP contribution in [0, 0.1) is 10.1 Å². The number of carbonyl (C=O) groups is 2. The molecule has 1 rings (SSSR count). The molecule has 1 aromatic carbocycles.